The molecule has 3 heterocycles. The van der Waals surface area contributed by atoms with Crippen molar-refractivity contribution in [2.45, 2.75) is 25.4 Å². The van der Waals surface area contributed by atoms with Gasteiger partial charge in [-0.2, -0.15) is 0 Å². The largest absolute Gasteiger partial charge is 0.479 e. The van der Waals surface area contributed by atoms with Crippen LogP contribution in [0.4, 0.5) is 11.4 Å². The van der Waals surface area contributed by atoms with Gasteiger partial charge in [0.15, 0.2) is 12.4 Å². The fraction of sp³-hybridized carbons (Fsp3) is 0.412. The van der Waals surface area contributed by atoms with Crippen LogP contribution in [0.15, 0.2) is 29.1 Å². The molecule has 24 heavy (non-hydrogen) atoms. The molecular formula is C17H20N4O2S. The number of aromatic nitrogens is 1. The maximum absolute atomic E-state index is 11.4. The first kappa shape index (κ1) is 15.4. The van der Waals surface area contributed by atoms with Crippen LogP contribution in [0.1, 0.15) is 18.5 Å². The number of benzene rings is 1. The Labute approximate surface area is 144 Å². The Morgan fingerprint density at radius 3 is 3.04 bits per heavy atom. The molecule has 7 heteroatoms. The monoisotopic (exact) mass is 344 g/mol. The Balaban J connectivity index is 1.36. The number of fused-ring (bicyclic) bond motifs is 1. The average Bonchev–Trinajstić information content (AvgIpc) is 3.09. The lowest BCUT2D eigenvalue weighted by atomic mass is 10.0. The lowest BCUT2D eigenvalue weighted by molar-refractivity contribution is -0.118. The Bertz CT molecular complexity index is 711. The molecule has 2 aliphatic rings. The van der Waals surface area contributed by atoms with Crippen molar-refractivity contribution >= 4 is 28.6 Å². The molecule has 0 bridgehead atoms. The van der Waals surface area contributed by atoms with Crippen molar-refractivity contribution in [2.75, 3.05) is 30.3 Å². The van der Waals surface area contributed by atoms with Crippen LogP contribution in [-0.4, -0.2) is 41.5 Å². The number of anilines is 2. The van der Waals surface area contributed by atoms with E-state index in [1.54, 1.807) is 11.3 Å². The fourth-order valence-electron chi connectivity index (χ4n) is 3.23. The highest BCUT2D eigenvalue weighted by Crippen LogP contribution is 2.36. The van der Waals surface area contributed by atoms with Crippen LogP contribution < -0.4 is 15.4 Å². The zero-order valence-corrected chi connectivity index (χ0v) is 14.1. The number of likely N-dealkylation sites (tertiary alicyclic amines) is 1. The summed E-state index contributed by atoms with van der Waals surface area (Å²) in [5, 5.41) is 8.56. The number of hydrogen-bond acceptors (Lipinski definition) is 6. The summed E-state index contributed by atoms with van der Waals surface area (Å²) in [5.74, 6) is 0.650. The number of amides is 1. The van der Waals surface area contributed by atoms with E-state index in [0.717, 1.165) is 55.3 Å². The van der Waals surface area contributed by atoms with E-state index in [0.29, 0.717) is 6.04 Å². The van der Waals surface area contributed by atoms with Crippen LogP contribution >= 0.6 is 11.3 Å². The van der Waals surface area contributed by atoms with E-state index >= 15 is 0 Å². The number of rotatable bonds is 4. The fourth-order valence-corrected chi connectivity index (χ4v) is 3.78. The van der Waals surface area contributed by atoms with Crippen molar-refractivity contribution in [3.63, 3.8) is 0 Å². The van der Waals surface area contributed by atoms with Crippen LogP contribution in [-0.2, 0) is 11.3 Å². The van der Waals surface area contributed by atoms with Gasteiger partial charge in [-0.05, 0) is 25.0 Å². The van der Waals surface area contributed by atoms with Crippen LogP contribution in [0.25, 0.3) is 0 Å². The van der Waals surface area contributed by atoms with Crippen molar-refractivity contribution in [1.29, 1.82) is 0 Å². The zero-order chi connectivity index (χ0) is 16.4. The van der Waals surface area contributed by atoms with Crippen LogP contribution in [0.5, 0.6) is 5.75 Å². The topological polar surface area (TPSA) is 66.5 Å². The third kappa shape index (κ3) is 3.37. The minimum atomic E-state index is -0.102. The summed E-state index contributed by atoms with van der Waals surface area (Å²) in [7, 11) is 0. The molecule has 1 amide bonds. The molecule has 1 saturated heterocycles. The molecule has 2 aliphatic heterocycles. The number of hydrogen-bond donors (Lipinski definition) is 2. The van der Waals surface area contributed by atoms with Gasteiger partial charge in [-0.1, -0.05) is 6.07 Å². The van der Waals surface area contributed by atoms with E-state index in [9.17, 15) is 4.79 Å². The SMILES string of the molecule is O=C1COc2c(cccc2NC2CCN(Cc3cscn3)CC2)N1. The Morgan fingerprint density at radius 1 is 1.38 bits per heavy atom. The van der Waals surface area contributed by atoms with Gasteiger partial charge in [0.1, 0.15) is 0 Å². The molecule has 0 spiro atoms. The molecular weight excluding hydrogens is 324 g/mol. The van der Waals surface area contributed by atoms with Gasteiger partial charge in [-0.25, -0.2) is 4.98 Å². The van der Waals surface area contributed by atoms with E-state index in [1.165, 1.54) is 0 Å². The van der Waals surface area contributed by atoms with E-state index in [-0.39, 0.29) is 12.5 Å². The molecule has 0 radical (unpaired) electrons. The van der Waals surface area contributed by atoms with Crippen molar-refractivity contribution in [3.8, 4) is 5.75 Å². The molecule has 2 N–H and O–H groups in total. The van der Waals surface area contributed by atoms with Crippen molar-refractivity contribution in [2.24, 2.45) is 0 Å². The standard InChI is InChI=1S/C17H20N4O2S/c22-16-9-23-17-14(2-1-3-15(17)20-16)19-12-4-6-21(7-5-12)8-13-10-24-11-18-13/h1-3,10-12,19H,4-9H2,(H,20,22). The molecule has 1 fully saturated rings. The zero-order valence-electron chi connectivity index (χ0n) is 13.3. The predicted molar refractivity (Wildman–Crippen MR) is 94.6 cm³/mol. The van der Waals surface area contributed by atoms with Gasteiger partial charge in [0.05, 0.1) is 22.6 Å². The van der Waals surface area contributed by atoms with Crippen molar-refractivity contribution in [3.05, 3.63) is 34.8 Å². The van der Waals surface area contributed by atoms with Gasteiger partial charge < -0.3 is 15.4 Å². The number of carbonyl (C=O) groups excluding carboxylic acids is 1. The lowest BCUT2D eigenvalue weighted by Crippen LogP contribution is -2.39. The van der Waals surface area contributed by atoms with Crippen LogP contribution in [0.2, 0.25) is 0 Å². The van der Waals surface area contributed by atoms with Crippen LogP contribution in [0, 0.1) is 0 Å². The molecule has 4 rings (SSSR count). The molecule has 1 aromatic carbocycles. The molecule has 0 atom stereocenters. The third-order valence-corrected chi connectivity index (χ3v) is 5.09. The third-order valence-electron chi connectivity index (χ3n) is 4.45. The molecule has 0 unspecified atom stereocenters. The molecule has 0 saturated carbocycles. The first-order valence-corrected chi connectivity index (χ1v) is 9.14. The Hall–Kier alpha value is -2.12. The molecule has 2 aromatic rings. The number of ether oxygens (including phenoxy) is 1. The van der Waals surface area contributed by atoms with Gasteiger partial charge in [0.25, 0.3) is 5.91 Å². The highest BCUT2D eigenvalue weighted by Gasteiger charge is 2.23. The number of para-hydroxylation sites is 1. The van der Waals surface area contributed by atoms with Gasteiger partial charge in [0.2, 0.25) is 0 Å². The summed E-state index contributed by atoms with van der Waals surface area (Å²) in [6.45, 7) is 3.13. The second kappa shape index (κ2) is 6.78. The average molecular weight is 344 g/mol. The first-order chi connectivity index (χ1) is 11.8. The second-order valence-corrected chi connectivity index (χ2v) is 6.91. The lowest BCUT2D eigenvalue weighted by Gasteiger charge is -2.33. The highest BCUT2D eigenvalue weighted by molar-refractivity contribution is 7.07. The molecule has 126 valence electrons. The van der Waals surface area contributed by atoms with Crippen molar-refractivity contribution in [1.82, 2.24) is 9.88 Å². The maximum atomic E-state index is 11.4. The van der Waals surface area contributed by atoms with Gasteiger partial charge in [-0.3, -0.25) is 9.69 Å². The number of carbonyl (C=O) groups is 1. The summed E-state index contributed by atoms with van der Waals surface area (Å²) in [4.78, 5) is 18.2. The highest BCUT2D eigenvalue weighted by atomic mass is 32.1. The number of thiazole rings is 1. The normalized spacial score (nSPS) is 18.6. The number of nitrogens with zero attached hydrogens (tertiary/aromatic N) is 2. The minimum absolute atomic E-state index is 0.0811. The smallest absolute Gasteiger partial charge is 0.262 e. The maximum Gasteiger partial charge on any atom is 0.262 e. The quantitative estimate of drug-likeness (QED) is 0.892. The molecule has 1 aromatic heterocycles. The molecule has 6 nitrogen and oxygen atoms in total. The van der Waals surface area contributed by atoms with Gasteiger partial charge >= 0.3 is 0 Å². The second-order valence-electron chi connectivity index (χ2n) is 6.19. The summed E-state index contributed by atoms with van der Waals surface area (Å²) < 4.78 is 5.61. The summed E-state index contributed by atoms with van der Waals surface area (Å²) >= 11 is 1.65. The van der Waals surface area contributed by atoms with E-state index < -0.39 is 0 Å². The van der Waals surface area contributed by atoms with Crippen LogP contribution in [0.3, 0.4) is 0 Å². The van der Waals surface area contributed by atoms with E-state index in [4.69, 9.17) is 4.74 Å². The van der Waals surface area contributed by atoms with Gasteiger partial charge in [0, 0.05) is 31.1 Å². The summed E-state index contributed by atoms with van der Waals surface area (Å²) in [6, 6.07) is 6.24. The number of nitrogens with one attached hydrogen (secondary N) is 2. The minimum Gasteiger partial charge on any atom is -0.479 e. The van der Waals surface area contributed by atoms with E-state index in [2.05, 4.69) is 25.9 Å². The summed E-state index contributed by atoms with van der Waals surface area (Å²) in [5.41, 5.74) is 4.76. The van der Waals surface area contributed by atoms with Gasteiger partial charge in [-0.15, -0.1) is 11.3 Å². The molecule has 0 aliphatic carbocycles. The first-order valence-electron chi connectivity index (χ1n) is 8.19. The summed E-state index contributed by atoms with van der Waals surface area (Å²) in [6.07, 6.45) is 2.17. The van der Waals surface area contributed by atoms with Crippen molar-refractivity contribution < 1.29 is 9.53 Å². The Kier molecular flexibility index (Phi) is 4.36. The van der Waals surface area contributed by atoms with E-state index in [1.807, 2.05) is 23.7 Å². The number of piperidine rings is 1. The Morgan fingerprint density at radius 2 is 2.25 bits per heavy atom. The predicted octanol–water partition coefficient (Wildman–Crippen LogP) is 2.55.